The molecule has 0 amide bonds. The molecule has 1 aromatic heterocycles. The SMILES string of the molecule is COc1ccnc(C(N)C(=O)O)c1OC. The van der Waals surface area contributed by atoms with Gasteiger partial charge in [-0.3, -0.25) is 9.78 Å². The number of nitrogens with zero attached hydrogens (tertiary/aromatic N) is 1. The second-order valence-corrected chi connectivity index (χ2v) is 2.75. The lowest BCUT2D eigenvalue weighted by atomic mass is 10.2. The zero-order chi connectivity index (χ0) is 11.4. The molecule has 0 aliphatic rings. The number of hydrogen-bond acceptors (Lipinski definition) is 5. The molecule has 0 bridgehead atoms. The molecule has 1 atom stereocenters. The van der Waals surface area contributed by atoms with E-state index < -0.39 is 12.0 Å². The second-order valence-electron chi connectivity index (χ2n) is 2.75. The number of rotatable bonds is 4. The van der Waals surface area contributed by atoms with Crippen LogP contribution in [0.25, 0.3) is 0 Å². The molecule has 6 nitrogen and oxygen atoms in total. The number of hydrogen-bond donors (Lipinski definition) is 2. The summed E-state index contributed by atoms with van der Waals surface area (Å²) in [6.45, 7) is 0. The number of ether oxygens (including phenoxy) is 2. The van der Waals surface area contributed by atoms with Gasteiger partial charge in [-0.25, -0.2) is 0 Å². The maximum absolute atomic E-state index is 10.7. The standard InChI is InChI=1S/C9H12N2O4/c1-14-5-3-4-11-7(8(5)15-2)6(10)9(12)13/h3-4,6H,10H2,1-2H3,(H,12,13). The van der Waals surface area contributed by atoms with E-state index in [4.69, 9.17) is 20.3 Å². The lowest BCUT2D eigenvalue weighted by molar-refractivity contribution is -0.138. The van der Waals surface area contributed by atoms with Crippen LogP contribution in [0.4, 0.5) is 0 Å². The van der Waals surface area contributed by atoms with Gasteiger partial charge in [-0.1, -0.05) is 0 Å². The van der Waals surface area contributed by atoms with Crippen LogP contribution in [0.15, 0.2) is 12.3 Å². The Morgan fingerprint density at radius 1 is 1.53 bits per heavy atom. The van der Waals surface area contributed by atoms with E-state index in [9.17, 15) is 4.79 Å². The van der Waals surface area contributed by atoms with E-state index in [0.717, 1.165) is 0 Å². The van der Waals surface area contributed by atoms with Crippen molar-refractivity contribution in [2.24, 2.45) is 5.73 Å². The zero-order valence-corrected chi connectivity index (χ0v) is 8.43. The van der Waals surface area contributed by atoms with Crippen LogP contribution in [0.2, 0.25) is 0 Å². The molecule has 6 heteroatoms. The molecule has 1 unspecified atom stereocenters. The maximum Gasteiger partial charge on any atom is 0.326 e. The Hall–Kier alpha value is -1.82. The third-order valence-electron chi connectivity index (χ3n) is 1.88. The number of carboxylic acids is 1. The van der Waals surface area contributed by atoms with E-state index in [1.165, 1.54) is 20.4 Å². The third kappa shape index (κ3) is 2.16. The highest BCUT2D eigenvalue weighted by Crippen LogP contribution is 2.31. The van der Waals surface area contributed by atoms with Crippen molar-refractivity contribution < 1.29 is 19.4 Å². The first-order valence-electron chi connectivity index (χ1n) is 4.17. The van der Waals surface area contributed by atoms with Gasteiger partial charge in [-0.15, -0.1) is 0 Å². The predicted octanol–water partition coefficient (Wildman–Crippen LogP) is 0.183. The molecule has 3 N–H and O–H groups in total. The molecule has 0 spiro atoms. The summed E-state index contributed by atoms with van der Waals surface area (Å²) in [5, 5.41) is 8.76. The highest BCUT2D eigenvalue weighted by Gasteiger charge is 2.22. The van der Waals surface area contributed by atoms with E-state index in [1.807, 2.05) is 0 Å². The summed E-state index contributed by atoms with van der Waals surface area (Å²) in [5.74, 6) is -0.525. The van der Waals surface area contributed by atoms with E-state index in [1.54, 1.807) is 6.07 Å². The van der Waals surface area contributed by atoms with Gasteiger partial charge in [0.05, 0.1) is 14.2 Å². The van der Waals surface area contributed by atoms with E-state index >= 15 is 0 Å². The molecule has 0 saturated carbocycles. The van der Waals surface area contributed by atoms with Crippen molar-refractivity contribution in [2.45, 2.75) is 6.04 Å². The van der Waals surface area contributed by atoms with Gasteiger partial charge in [0.1, 0.15) is 11.7 Å². The Kier molecular flexibility index (Phi) is 3.46. The first-order chi connectivity index (χ1) is 7.11. The molecule has 15 heavy (non-hydrogen) atoms. The van der Waals surface area contributed by atoms with Gasteiger partial charge < -0.3 is 20.3 Å². The molecular formula is C9H12N2O4. The summed E-state index contributed by atoms with van der Waals surface area (Å²) >= 11 is 0. The number of aromatic nitrogens is 1. The molecule has 0 fully saturated rings. The van der Waals surface area contributed by atoms with Gasteiger partial charge in [0.15, 0.2) is 11.5 Å². The molecule has 1 rings (SSSR count). The Morgan fingerprint density at radius 3 is 2.67 bits per heavy atom. The fourth-order valence-corrected chi connectivity index (χ4v) is 1.15. The predicted molar refractivity (Wildman–Crippen MR) is 51.9 cm³/mol. The quantitative estimate of drug-likeness (QED) is 0.739. The number of aliphatic carboxylic acids is 1. The van der Waals surface area contributed by atoms with Crippen LogP contribution in [-0.2, 0) is 4.79 Å². The number of pyridine rings is 1. The van der Waals surface area contributed by atoms with E-state index in [2.05, 4.69) is 4.98 Å². The molecule has 82 valence electrons. The number of nitrogens with two attached hydrogens (primary N) is 1. The van der Waals surface area contributed by atoms with Crippen LogP contribution >= 0.6 is 0 Å². The van der Waals surface area contributed by atoms with Crippen LogP contribution in [0, 0.1) is 0 Å². The first-order valence-corrected chi connectivity index (χ1v) is 4.17. The lowest BCUT2D eigenvalue weighted by Gasteiger charge is -2.13. The zero-order valence-electron chi connectivity index (χ0n) is 8.43. The van der Waals surface area contributed by atoms with Gasteiger partial charge in [0.25, 0.3) is 0 Å². The van der Waals surface area contributed by atoms with Crippen molar-refractivity contribution >= 4 is 5.97 Å². The Balaban J connectivity index is 3.22. The summed E-state index contributed by atoms with van der Waals surface area (Å²) in [6.07, 6.45) is 1.42. The smallest absolute Gasteiger partial charge is 0.326 e. The first kappa shape index (κ1) is 11.3. The van der Waals surface area contributed by atoms with Crippen LogP contribution in [-0.4, -0.2) is 30.3 Å². The molecule has 0 aliphatic carbocycles. The summed E-state index contributed by atoms with van der Waals surface area (Å²) in [6, 6.07) is 0.340. The van der Waals surface area contributed by atoms with E-state index in [0.29, 0.717) is 5.75 Å². The maximum atomic E-state index is 10.7. The number of methoxy groups -OCH3 is 2. The van der Waals surface area contributed by atoms with Crippen molar-refractivity contribution in [1.29, 1.82) is 0 Å². The minimum Gasteiger partial charge on any atom is -0.493 e. The van der Waals surface area contributed by atoms with Crippen molar-refractivity contribution in [2.75, 3.05) is 14.2 Å². The molecule has 0 aromatic carbocycles. The van der Waals surface area contributed by atoms with Crippen molar-refractivity contribution in [3.8, 4) is 11.5 Å². The summed E-state index contributed by atoms with van der Waals surface area (Å²) in [4.78, 5) is 14.6. The van der Waals surface area contributed by atoms with Gasteiger partial charge in [-0.2, -0.15) is 0 Å². The van der Waals surface area contributed by atoms with Gasteiger partial charge >= 0.3 is 5.97 Å². The normalized spacial score (nSPS) is 11.9. The minimum atomic E-state index is -1.23. The average Bonchev–Trinajstić information content (AvgIpc) is 2.26. The fraction of sp³-hybridized carbons (Fsp3) is 0.333. The monoisotopic (exact) mass is 212 g/mol. The Bertz CT molecular complexity index is 367. The van der Waals surface area contributed by atoms with E-state index in [-0.39, 0.29) is 11.4 Å². The van der Waals surface area contributed by atoms with Gasteiger partial charge in [-0.05, 0) is 0 Å². The minimum absolute atomic E-state index is 0.143. The largest absolute Gasteiger partial charge is 0.493 e. The van der Waals surface area contributed by atoms with Crippen molar-refractivity contribution in [1.82, 2.24) is 4.98 Å². The van der Waals surface area contributed by atoms with Crippen LogP contribution in [0.5, 0.6) is 11.5 Å². The van der Waals surface area contributed by atoms with Gasteiger partial charge in [0.2, 0.25) is 0 Å². The highest BCUT2D eigenvalue weighted by atomic mass is 16.5. The molecule has 0 aliphatic heterocycles. The summed E-state index contributed by atoms with van der Waals surface area (Å²) in [5.41, 5.74) is 5.58. The number of carboxylic acid groups (broad SMARTS) is 1. The lowest BCUT2D eigenvalue weighted by Crippen LogP contribution is -2.22. The topological polar surface area (TPSA) is 94.7 Å². The molecular weight excluding hydrogens is 200 g/mol. The molecule has 1 aromatic rings. The van der Waals surface area contributed by atoms with Crippen molar-refractivity contribution in [3.05, 3.63) is 18.0 Å². The summed E-state index contributed by atoms with van der Waals surface area (Å²) in [7, 11) is 2.85. The Morgan fingerprint density at radius 2 is 2.20 bits per heavy atom. The Labute approximate surface area is 86.6 Å². The van der Waals surface area contributed by atoms with Gasteiger partial charge in [0, 0.05) is 12.3 Å². The molecule has 0 saturated heterocycles. The van der Waals surface area contributed by atoms with Crippen molar-refractivity contribution in [3.63, 3.8) is 0 Å². The molecule has 1 heterocycles. The third-order valence-corrected chi connectivity index (χ3v) is 1.88. The second kappa shape index (κ2) is 4.61. The van der Waals surface area contributed by atoms with Crippen LogP contribution in [0.1, 0.15) is 11.7 Å². The molecule has 0 radical (unpaired) electrons. The van der Waals surface area contributed by atoms with Crippen LogP contribution < -0.4 is 15.2 Å². The fourth-order valence-electron chi connectivity index (χ4n) is 1.15. The average molecular weight is 212 g/mol. The highest BCUT2D eigenvalue weighted by molar-refractivity contribution is 5.76. The summed E-state index contributed by atoms with van der Waals surface area (Å²) < 4.78 is 10.0. The van der Waals surface area contributed by atoms with Crippen LogP contribution in [0.3, 0.4) is 0 Å². The number of carbonyl (C=O) groups is 1.